The Morgan fingerprint density at radius 1 is 0.909 bits per heavy atom. The van der Waals surface area contributed by atoms with E-state index in [0.717, 1.165) is 26.6 Å². The summed E-state index contributed by atoms with van der Waals surface area (Å²) >= 11 is 1.60. The van der Waals surface area contributed by atoms with E-state index < -0.39 is 12.6 Å². The minimum atomic E-state index is -0.631. The summed E-state index contributed by atoms with van der Waals surface area (Å²) in [6, 6.07) is 20.5. The van der Waals surface area contributed by atoms with E-state index in [1.807, 2.05) is 48.5 Å². The molecule has 1 N–H and O–H groups in total. The number of aromatic nitrogens is 1. The van der Waals surface area contributed by atoms with Gasteiger partial charge in [0.1, 0.15) is 17.2 Å². The van der Waals surface area contributed by atoms with Gasteiger partial charge < -0.3 is 19.2 Å². The predicted octanol–water partition coefficient (Wildman–Crippen LogP) is 5.17. The molecule has 0 radical (unpaired) electrons. The molecule has 0 bridgehead atoms. The summed E-state index contributed by atoms with van der Waals surface area (Å²) in [6.07, 6.45) is 0. The van der Waals surface area contributed by atoms with Gasteiger partial charge in [-0.3, -0.25) is 9.69 Å². The number of hydrogen-bond acceptors (Lipinski definition) is 6. The number of carbonyl (C=O) groups is 2. The lowest BCUT2D eigenvalue weighted by Crippen LogP contribution is -2.32. The number of methoxy groups -OCH3 is 2. The third kappa shape index (κ3) is 3.78. The van der Waals surface area contributed by atoms with E-state index in [0.29, 0.717) is 17.0 Å². The van der Waals surface area contributed by atoms with Crippen molar-refractivity contribution in [2.75, 3.05) is 25.7 Å². The second-order valence-corrected chi connectivity index (χ2v) is 8.40. The zero-order chi connectivity index (χ0) is 22.9. The van der Waals surface area contributed by atoms with E-state index in [1.165, 1.54) is 7.11 Å². The molecule has 1 amide bonds. The standard InChI is InChI=1S/C25H20N2O5S/c1-30-16-11-15-12-17(26-24(15)20(13-16)31-2)25(29)32-14-23(28)27-18-7-3-5-9-21(18)33-22-10-6-4-8-19(22)27/h3-13,26H,14H2,1-2H3. The summed E-state index contributed by atoms with van der Waals surface area (Å²) in [5.41, 5.74) is 2.40. The molecule has 3 aromatic carbocycles. The van der Waals surface area contributed by atoms with Gasteiger partial charge in [0, 0.05) is 21.2 Å². The molecular weight excluding hydrogens is 440 g/mol. The molecule has 0 fully saturated rings. The van der Waals surface area contributed by atoms with Crippen LogP contribution in [0.3, 0.4) is 0 Å². The largest absolute Gasteiger partial charge is 0.497 e. The van der Waals surface area contributed by atoms with Crippen LogP contribution in [0.5, 0.6) is 11.5 Å². The number of aromatic amines is 1. The number of benzene rings is 3. The number of H-pyrrole nitrogens is 1. The minimum Gasteiger partial charge on any atom is -0.497 e. The molecule has 0 spiro atoms. The number of nitrogens with one attached hydrogen (secondary N) is 1. The van der Waals surface area contributed by atoms with Gasteiger partial charge in [-0.25, -0.2) is 4.79 Å². The molecule has 166 valence electrons. The Hall–Kier alpha value is -3.91. The van der Waals surface area contributed by atoms with Gasteiger partial charge in [-0.2, -0.15) is 0 Å². The van der Waals surface area contributed by atoms with Crippen LogP contribution >= 0.6 is 11.8 Å². The van der Waals surface area contributed by atoms with Gasteiger partial charge in [-0.15, -0.1) is 0 Å². The molecule has 0 atom stereocenters. The molecule has 0 unspecified atom stereocenters. The molecule has 7 nitrogen and oxygen atoms in total. The number of hydrogen-bond donors (Lipinski definition) is 1. The minimum absolute atomic E-state index is 0.222. The van der Waals surface area contributed by atoms with Crippen LogP contribution in [0.1, 0.15) is 10.5 Å². The van der Waals surface area contributed by atoms with E-state index in [4.69, 9.17) is 14.2 Å². The van der Waals surface area contributed by atoms with Crippen LogP contribution < -0.4 is 14.4 Å². The Balaban J connectivity index is 1.38. The molecule has 1 aromatic heterocycles. The highest BCUT2D eigenvalue weighted by Crippen LogP contribution is 2.47. The van der Waals surface area contributed by atoms with E-state index in [-0.39, 0.29) is 11.6 Å². The monoisotopic (exact) mass is 460 g/mol. The average molecular weight is 461 g/mol. The quantitative estimate of drug-likeness (QED) is 0.414. The van der Waals surface area contributed by atoms with Gasteiger partial charge in [-0.1, -0.05) is 36.0 Å². The lowest BCUT2D eigenvalue weighted by Gasteiger charge is -2.30. The van der Waals surface area contributed by atoms with Crippen molar-refractivity contribution in [1.29, 1.82) is 0 Å². The molecule has 33 heavy (non-hydrogen) atoms. The molecule has 0 saturated carbocycles. The fourth-order valence-electron chi connectivity index (χ4n) is 3.82. The first-order valence-corrected chi connectivity index (χ1v) is 11.0. The highest BCUT2D eigenvalue weighted by Gasteiger charge is 2.28. The molecule has 1 aliphatic heterocycles. The average Bonchev–Trinajstić information content (AvgIpc) is 3.29. The van der Waals surface area contributed by atoms with Crippen molar-refractivity contribution in [2.24, 2.45) is 0 Å². The van der Waals surface area contributed by atoms with Gasteiger partial charge >= 0.3 is 5.97 Å². The van der Waals surface area contributed by atoms with Crippen molar-refractivity contribution in [3.05, 3.63) is 72.4 Å². The number of anilines is 2. The maximum atomic E-state index is 13.2. The summed E-state index contributed by atoms with van der Waals surface area (Å²) in [5, 5.41) is 0.736. The van der Waals surface area contributed by atoms with Crippen LogP contribution in [-0.2, 0) is 9.53 Å². The highest BCUT2D eigenvalue weighted by molar-refractivity contribution is 7.99. The first kappa shape index (κ1) is 21.0. The number of nitrogens with zero attached hydrogens (tertiary/aromatic N) is 1. The number of para-hydroxylation sites is 2. The molecular formula is C25H20N2O5S. The second kappa shape index (κ2) is 8.55. The fraction of sp³-hybridized carbons (Fsp3) is 0.120. The summed E-state index contributed by atoms with van der Waals surface area (Å²) in [6.45, 7) is -0.401. The lowest BCUT2D eigenvalue weighted by atomic mass is 10.2. The smallest absolute Gasteiger partial charge is 0.355 e. The molecule has 0 saturated heterocycles. The maximum absolute atomic E-state index is 13.2. The molecule has 8 heteroatoms. The van der Waals surface area contributed by atoms with Crippen molar-refractivity contribution >= 4 is 45.9 Å². The second-order valence-electron chi connectivity index (χ2n) is 7.32. The summed E-state index contributed by atoms with van der Waals surface area (Å²) in [7, 11) is 3.10. The number of rotatable bonds is 5. The van der Waals surface area contributed by atoms with Gasteiger partial charge in [0.05, 0.1) is 31.1 Å². The Bertz CT molecular complexity index is 1330. The summed E-state index contributed by atoms with van der Waals surface area (Å²) in [5.74, 6) is 0.180. The maximum Gasteiger partial charge on any atom is 0.355 e. The number of carbonyl (C=O) groups excluding carboxylic acids is 2. The van der Waals surface area contributed by atoms with Crippen molar-refractivity contribution in [3.63, 3.8) is 0 Å². The Morgan fingerprint density at radius 2 is 1.58 bits per heavy atom. The Morgan fingerprint density at radius 3 is 2.21 bits per heavy atom. The third-order valence-corrected chi connectivity index (χ3v) is 6.48. The lowest BCUT2D eigenvalue weighted by molar-refractivity contribution is -0.121. The molecule has 1 aliphatic rings. The zero-order valence-electron chi connectivity index (χ0n) is 18.0. The van der Waals surface area contributed by atoms with Gasteiger partial charge in [0.25, 0.3) is 5.91 Å². The predicted molar refractivity (Wildman–Crippen MR) is 126 cm³/mol. The van der Waals surface area contributed by atoms with Crippen molar-refractivity contribution in [1.82, 2.24) is 4.98 Å². The van der Waals surface area contributed by atoms with E-state index in [2.05, 4.69) is 4.98 Å². The highest BCUT2D eigenvalue weighted by atomic mass is 32.2. The fourth-order valence-corrected chi connectivity index (χ4v) is 4.87. The number of ether oxygens (including phenoxy) is 3. The van der Waals surface area contributed by atoms with E-state index in [9.17, 15) is 9.59 Å². The van der Waals surface area contributed by atoms with Gasteiger partial charge in [0.15, 0.2) is 6.61 Å². The molecule has 2 heterocycles. The summed E-state index contributed by atoms with van der Waals surface area (Å²) < 4.78 is 16.0. The zero-order valence-corrected chi connectivity index (χ0v) is 18.8. The van der Waals surface area contributed by atoms with Crippen molar-refractivity contribution in [2.45, 2.75) is 9.79 Å². The van der Waals surface area contributed by atoms with Gasteiger partial charge in [-0.05, 0) is 36.4 Å². The van der Waals surface area contributed by atoms with Crippen LogP contribution in [0.15, 0.2) is 76.5 Å². The number of esters is 1. The first-order valence-electron chi connectivity index (χ1n) is 10.2. The Kier molecular flexibility index (Phi) is 5.43. The van der Waals surface area contributed by atoms with Crippen LogP contribution in [-0.4, -0.2) is 37.7 Å². The van der Waals surface area contributed by atoms with Crippen molar-refractivity contribution in [3.8, 4) is 11.5 Å². The molecule has 5 rings (SSSR count). The van der Waals surface area contributed by atoms with E-state index in [1.54, 1.807) is 42.0 Å². The van der Waals surface area contributed by atoms with Crippen molar-refractivity contribution < 1.29 is 23.8 Å². The third-order valence-electron chi connectivity index (χ3n) is 5.35. The van der Waals surface area contributed by atoms with Crippen LogP contribution in [0.2, 0.25) is 0 Å². The normalized spacial score (nSPS) is 12.1. The van der Waals surface area contributed by atoms with Crippen LogP contribution in [0.25, 0.3) is 10.9 Å². The van der Waals surface area contributed by atoms with Crippen LogP contribution in [0.4, 0.5) is 11.4 Å². The SMILES string of the molecule is COc1cc(OC)c2[nH]c(C(=O)OCC(=O)N3c4ccccc4Sc4ccccc43)cc2c1. The van der Waals surface area contributed by atoms with Crippen LogP contribution in [0, 0.1) is 0 Å². The topological polar surface area (TPSA) is 80.9 Å². The molecule has 4 aromatic rings. The number of amides is 1. The van der Waals surface area contributed by atoms with E-state index >= 15 is 0 Å². The van der Waals surface area contributed by atoms with Gasteiger partial charge in [0.2, 0.25) is 0 Å². The summed E-state index contributed by atoms with van der Waals surface area (Å²) in [4.78, 5) is 32.5. The number of fused-ring (bicyclic) bond motifs is 3. The molecule has 0 aliphatic carbocycles. The Labute approximate surface area is 194 Å². The first-order chi connectivity index (χ1) is 16.1.